The molecule has 12 nitrogen and oxygen atoms in total. The third-order valence-electron chi connectivity index (χ3n) is 10.1. The van der Waals surface area contributed by atoms with Gasteiger partial charge in [-0.25, -0.2) is 18.7 Å². The van der Waals surface area contributed by atoms with Gasteiger partial charge in [0.25, 0.3) is 0 Å². The fraction of sp³-hybridized carbons (Fsp3) is 0.955. The van der Waals surface area contributed by atoms with Crippen LogP contribution in [0.15, 0.2) is 0 Å². The molecule has 0 unspecified atom stereocenters. The van der Waals surface area contributed by atoms with Crippen LogP contribution in [0.3, 0.4) is 0 Å². The van der Waals surface area contributed by atoms with Crippen LogP contribution in [0.5, 0.6) is 0 Å². The zero-order valence-corrected chi connectivity index (χ0v) is 45.4. The van der Waals surface area contributed by atoms with E-state index in [9.17, 15) is 9.59 Å². The molecule has 1 saturated heterocycles. The molecule has 0 radical (unpaired) electrons. The molecule has 1 rings (SSSR count). The smallest absolute Gasteiger partial charge is 0.194 e. The van der Waals surface area contributed by atoms with E-state index >= 15 is 0 Å². The number of rotatable bonds is 30. The zero-order chi connectivity index (χ0) is 46.1. The highest BCUT2D eigenvalue weighted by Crippen LogP contribution is 2.51. The number of piperidine rings is 1. The van der Waals surface area contributed by atoms with Gasteiger partial charge >= 0.3 is 0 Å². The Hall–Kier alpha value is 0.500. The molecule has 0 bridgehead atoms. The lowest BCUT2D eigenvalue weighted by Gasteiger charge is -2.45. The van der Waals surface area contributed by atoms with E-state index in [1.165, 1.54) is 23.5 Å². The third-order valence-corrected chi connectivity index (χ3v) is 17.9. The first-order valence-electron chi connectivity index (χ1n) is 23.0. The molecule has 1 fully saturated rings. The number of ether oxygens (including phenoxy) is 2. The lowest BCUT2D eigenvalue weighted by atomic mass is 9.99. The highest BCUT2D eigenvalue weighted by Gasteiger charge is 2.36. The second kappa shape index (κ2) is 33.9. The number of thioether (sulfide) groups is 2. The van der Waals surface area contributed by atoms with Crippen molar-refractivity contribution in [2.75, 3.05) is 78.1 Å². The minimum Gasteiger partial charge on any atom is -0.368 e. The summed E-state index contributed by atoms with van der Waals surface area (Å²) in [6.45, 7) is 46.9. The van der Waals surface area contributed by atoms with Crippen LogP contribution in [-0.4, -0.2) is 165 Å². The molecule has 1 aliphatic heterocycles. The Balaban J connectivity index is 0.00000116. The van der Waals surface area contributed by atoms with Crippen molar-refractivity contribution in [2.24, 2.45) is 5.92 Å². The van der Waals surface area contributed by atoms with Gasteiger partial charge in [0.05, 0.1) is 38.3 Å². The summed E-state index contributed by atoms with van der Waals surface area (Å²) in [5, 5.41) is 0.476. The zero-order valence-electron chi connectivity index (χ0n) is 41.9. The van der Waals surface area contributed by atoms with E-state index in [2.05, 4.69) is 160 Å². The van der Waals surface area contributed by atoms with Crippen LogP contribution >= 0.6 is 40.4 Å². The molecular formula is C44H94N6O6P2S2. The van der Waals surface area contributed by atoms with E-state index in [-0.39, 0.29) is 16.1 Å². The summed E-state index contributed by atoms with van der Waals surface area (Å²) < 4.78 is 34.2. The molecule has 16 heteroatoms. The summed E-state index contributed by atoms with van der Waals surface area (Å²) in [7, 11) is 0.343. The summed E-state index contributed by atoms with van der Waals surface area (Å²) in [4.78, 5) is 28.9. The van der Waals surface area contributed by atoms with Crippen LogP contribution < -0.4 is 0 Å². The quantitative estimate of drug-likeness (QED) is 0.0389. The molecule has 0 N–H and O–H groups in total. The Labute approximate surface area is 381 Å². The topological polar surface area (TPSA) is 90.5 Å². The van der Waals surface area contributed by atoms with Crippen molar-refractivity contribution in [3.8, 4) is 0 Å². The predicted molar refractivity (Wildman–Crippen MR) is 264 cm³/mol. The number of hydrogen-bond acceptors (Lipinski definition) is 14. The highest BCUT2D eigenvalue weighted by atomic mass is 32.2. The van der Waals surface area contributed by atoms with Crippen molar-refractivity contribution in [2.45, 2.75) is 192 Å². The van der Waals surface area contributed by atoms with Gasteiger partial charge in [0.2, 0.25) is 0 Å². The van der Waals surface area contributed by atoms with Gasteiger partial charge in [0.1, 0.15) is 0 Å². The first-order valence-corrected chi connectivity index (χ1v) is 27.3. The lowest BCUT2D eigenvalue weighted by Crippen LogP contribution is -2.43. The number of carbonyl (C=O) groups excluding carboxylic acids is 2. The van der Waals surface area contributed by atoms with Crippen molar-refractivity contribution in [3.63, 3.8) is 0 Å². The molecule has 358 valence electrons. The molecule has 1 heterocycles. The number of hydrogen-bond donors (Lipinski definition) is 0. The van der Waals surface area contributed by atoms with E-state index in [0.717, 1.165) is 45.6 Å². The van der Waals surface area contributed by atoms with Crippen molar-refractivity contribution < 1.29 is 28.1 Å². The number of nitrogens with zero attached hydrogens (tertiary/aromatic N) is 6. The molecule has 0 spiro atoms. The van der Waals surface area contributed by atoms with Gasteiger partial charge in [0, 0.05) is 67.2 Å². The molecule has 0 atom stereocenters. The average molecular weight is 929 g/mol. The van der Waals surface area contributed by atoms with Crippen LogP contribution in [0.25, 0.3) is 0 Å². The van der Waals surface area contributed by atoms with Crippen LogP contribution in [0.2, 0.25) is 0 Å². The Morgan fingerprint density at radius 2 is 0.900 bits per heavy atom. The maximum Gasteiger partial charge on any atom is 0.194 e. The summed E-state index contributed by atoms with van der Waals surface area (Å²) in [5.74, 6) is 1.01. The minimum absolute atomic E-state index is 0.190. The molecule has 0 aliphatic carbocycles. The fourth-order valence-electron chi connectivity index (χ4n) is 7.38. The van der Waals surface area contributed by atoms with E-state index in [1.54, 1.807) is 0 Å². The van der Waals surface area contributed by atoms with E-state index in [1.807, 2.05) is 0 Å². The first kappa shape index (κ1) is 60.5. The maximum absolute atomic E-state index is 12.3. The SMILES string of the molecule is CC(C)N(C(C)C)P(OCCOCSC(=O)C1CCN(C)CC1)N(C(C)C)C(C)C.CCN(CC)CCC(=O)SCOCCOP(N(C(C)C)C(C)C)N(C(C)C)C(C)C. The molecule has 60 heavy (non-hydrogen) atoms. The van der Waals surface area contributed by atoms with Crippen LogP contribution in [-0.2, 0) is 28.1 Å². The predicted octanol–water partition coefficient (Wildman–Crippen LogP) is 10.5. The van der Waals surface area contributed by atoms with Crippen molar-refractivity contribution in [1.29, 1.82) is 0 Å². The molecule has 0 amide bonds. The Bertz CT molecular complexity index is 1030. The van der Waals surface area contributed by atoms with E-state index in [4.69, 9.17) is 18.5 Å². The van der Waals surface area contributed by atoms with Crippen molar-refractivity contribution in [1.82, 2.24) is 28.5 Å². The van der Waals surface area contributed by atoms with Gasteiger partial charge in [-0.3, -0.25) is 9.59 Å². The van der Waals surface area contributed by atoms with Crippen molar-refractivity contribution >= 4 is 50.7 Å². The van der Waals surface area contributed by atoms with Gasteiger partial charge in [-0.1, -0.05) is 37.4 Å². The second-order valence-corrected chi connectivity index (χ2v) is 23.1. The number of likely N-dealkylation sites (tertiary alicyclic amines) is 1. The van der Waals surface area contributed by atoms with Crippen LogP contribution in [0.1, 0.15) is 144 Å². The normalized spacial score (nSPS) is 15.0. The molecular weight excluding hydrogens is 835 g/mol. The van der Waals surface area contributed by atoms with Crippen molar-refractivity contribution in [3.05, 3.63) is 0 Å². The first-order chi connectivity index (χ1) is 28.1. The van der Waals surface area contributed by atoms with E-state index in [0.29, 0.717) is 93.1 Å². The molecule has 0 aromatic carbocycles. The average Bonchev–Trinajstić information content (AvgIpc) is 3.13. The molecule has 0 aromatic rings. The monoisotopic (exact) mass is 929 g/mol. The van der Waals surface area contributed by atoms with Gasteiger partial charge < -0.3 is 28.3 Å². The second-order valence-electron chi connectivity index (χ2n) is 17.8. The summed E-state index contributed by atoms with van der Waals surface area (Å²) in [5.41, 5.74) is 0. The maximum atomic E-state index is 12.3. The molecule has 0 saturated carbocycles. The Morgan fingerprint density at radius 1 is 0.567 bits per heavy atom. The minimum atomic E-state index is -0.888. The molecule has 1 aliphatic rings. The third kappa shape index (κ3) is 24.1. The fourth-order valence-corrected chi connectivity index (χ4v) is 13.4. The van der Waals surface area contributed by atoms with Crippen LogP contribution in [0, 0.1) is 5.92 Å². The van der Waals surface area contributed by atoms with Gasteiger partial charge in [0.15, 0.2) is 27.1 Å². The summed E-state index contributed by atoms with van der Waals surface area (Å²) in [6.07, 6.45) is 2.51. The van der Waals surface area contributed by atoms with Gasteiger partial charge in [-0.15, -0.1) is 0 Å². The Morgan fingerprint density at radius 3 is 1.22 bits per heavy atom. The highest BCUT2D eigenvalue weighted by molar-refractivity contribution is 8.13. The van der Waals surface area contributed by atoms with Gasteiger partial charge in [-0.05, 0) is 157 Å². The summed E-state index contributed by atoms with van der Waals surface area (Å²) in [6, 6.07) is 3.21. The molecule has 0 aromatic heterocycles. The lowest BCUT2D eigenvalue weighted by molar-refractivity contribution is -0.115. The standard InChI is InChI=1S/C22H46N3O3PS.C22H48N3O3PS/c1-17(2)24(18(3)4)29(25(19(5)6)20(7)8)28-15-14-27-16-30-22(26)21-10-12-23(9)13-11-21;1-11-23(12-2)14-13-22(26)30-17-27-15-16-28-29(24(18(3)4)19(5)6)25(20(7)8)21(9)10/h17-21H,10-16H2,1-9H3;18-21H,11-17H2,1-10H3. The van der Waals surface area contributed by atoms with Crippen LogP contribution in [0.4, 0.5) is 0 Å². The Kier molecular flexibility index (Phi) is 34.2. The largest absolute Gasteiger partial charge is 0.368 e. The van der Waals surface area contributed by atoms with E-state index < -0.39 is 16.9 Å². The van der Waals surface area contributed by atoms with Gasteiger partial charge in [-0.2, -0.15) is 0 Å². The number of carbonyl (C=O) groups is 2. The summed E-state index contributed by atoms with van der Waals surface area (Å²) >= 11 is 2.60.